The molecule has 2 aromatic rings. The van der Waals surface area contributed by atoms with Crippen LogP contribution in [-0.2, 0) is 18.5 Å². The van der Waals surface area contributed by atoms with Crippen molar-refractivity contribution in [3.05, 3.63) is 71.3 Å². The summed E-state index contributed by atoms with van der Waals surface area (Å²) in [7, 11) is 0. The molecule has 0 amide bonds. The van der Waals surface area contributed by atoms with Crippen LogP contribution in [0.1, 0.15) is 29.5 Å². The molecule has 1 atom stereocenters. The first-order valence-corrected chi connectivity index (χ1v) is 7.13. The first-order chi connectivity index (χ1) is 9.84. The lowest BCUT2D eigenvalue weighted by molar-refractivity contribution is 0.364. The number of rotatable bonds is 3. The Morgan fingerprint density at radius 1 is 1.05 bits per heavy atom. The van der Waals surface area contributed by atoms with Gasteiger partial charge in [0.05, 0.1) is 6.07 Å². The van der Waals surface area contributed by atoms with E-state index in [2.05, 4.69) is 41.7 Å². The molecule has 1 aliphatic carbocycles. The van der Waals surface area contributed by atoms with Crippen molar-refractivity contribution in [2.24, 2.45) is 0 Å². The Bertz CT molecular complexity index is 627. The molecule has 0 aromatic heterocycles. The number of aryl methyl sites for hydroxylation is 1. The smallest absolute Gasteiger partial charge is 0.132 e. The van der Waals surface area contributed by atoms with Crippen molar-refractivity contribution in [1.82, 2.24) is 5.32 Å². The molecule has 0 spiro atoms. The molecular formula is C18H18N2. The minimum atomic E-state index is -0.537. The Labute approximate surface area is 120 Å². The highest BCUT2D eigenvalue weighted by molar-refractivity contribution is 5.41. The number of hydrogen-bond acceptors (Lipinski definition) is 2. The predicted octanol–water partition coefficient (Wildman–Crippen LogP) is 3.53. The molecule has 2 nitrogen and oxygen atoms in total. The summed E-state index contributed by atoms with van der Waals surface area (Å²) in [6, 6.07) is 21.1. The van der Waals surface area contributed by atoms with Crippen molar-refractivity contribution in [3.63, 3.8) is 0 Å². The van der Waals surface area contributed by atoms with Gasteiger partial charge >= 0.3 is 0 Å². The summed E-state index contributed by atoms with van der Waals surface area (Å²) in [5.41, 5.74) is 3.14. The molecule has 0 radical (unpaired) electrons. The molecule has 1 N–H and O–H groups in total. The van der Waals surface area contributed by atoms with Crippen LogP contribution in [0.15, 0.2) is 54.6 Å². The number of fused-ring (bicyclic) bond motifs is 1. The van der Waals surface area contributed by atoms with Gasteiger partial charge in [0.25, 0.3) is 0 Å². The second-order valence-corrected chi connectivity index (χ2v) is 5.37. The summed E-state index contributed by atoms with van der Waals surface area (Å²) in [5.74, 6) is 0. The van der Waals surface area contributed by atoms with E-state index in [1.165, 1.54) is 11.1 Å². The molecule has 0 fully saturated rings. The zero-order valence-corrected chi connectivity index (χ0v) is 11.5. The van der Waals surface area contributed by atoms with Crippen molar-refractivity contribution in [1.29, 1.82) is 5.26 Å². The number of hydrogen-bond donors (Lipinski definition) is 1. The molecule has 100 valence electrons. The van der Waals surface area contributed by atoms with Gasteiger partial charge in [-0.3, -0.25) is 5.32 Å². The Balaban J connectivity index is 1.88. The Morgan fingerprint density at radius 2 is 1.80 bits per heavy atom. The topological polar surface area (TPSA) is 35.8 Å². The minimum absolute atomic E-state index is 0.537. The van der Waals surface area contributed by atoms with Crippen LogP contribution < -0.4 is 5.32 Å². The van der Waals surface area contributed by atoms with Gasteiger partial charge in [0, 0.05) is 6.54 Å². The molecule has 0 bridgehead atoms. The van der Waals surface area contributed by atoms with Gasteiger partial charge in [-0.05, 0) is 36.0 Å². The van der Waals surface area contributed by atoms with Crippen molar-refractivity contribution < 1.29 is 0 Å². The molecule has 2 aromatic carbocycles. The van der Waals surface area contributed by atoms with E-state index in [1.54, 1.807) is 0 Å². The standard InChI is InChI=1S/C18H18N2/c19-14-18(20-13-15-7-2-1-3-8-15)12-6-10-16-9-4-5-11-17(16)18/h1-5,7-9,11,20H,6,10,12-13H2. The molecule has 1 aliphatic rings. The van der Waals surface area contributed by atoms with Crippen LogP contribution in [0.4, 0.5) is 0 Å². The number of nitrogens with zero attached hydrogens (tertiary/aromatic N) is 1. The van der Waals surface area contributed by atoms with Gasteiger partial charge < -0.3 is 0 Å². The van der Waals surface area contributed by atoms with E-state index < -0.39 is 5.54 Å². The monoisotopic (exact) mass is 262 g/mol. The second kappa shape index (κ2) is 5.48. The lowest BCUT2D eigenvalue weighted by Gasteiger charge is -2.34. The average Bonchev–Trinajstić information content (AvgIpc) is 2.54. The highest BCUT2D eigenvalue weighted by Gasteiger charge is 2.35. The van der Waals surface area contributed by atoms with Crippen LogP contribution in [-0.4, -0.2) is 0 Å². The second-order valence-electron chi connectivity index (χ2n) is 5.37. The van der Waals surface area contributed by atoms with Gasteiger partial charge in [0.15, 0.2) is 0 Å². The molecule has 20 heavy (non-hydrogen) atoms. The lowest BCUT2D eigenvalue weighted by atomic mass is 9.77. The van der Waals surface area contributed by atoms with Crippen LogP contribution in [0.25, 0.3) is 0 Å². The quantitative estimate of drug-likeness (QED) is 0.918. The molecule has 2 heteroatoms. The van der Waals surface area contributed by atoms with E-state index in [4.69, 9.17) is 0 Å². The molecule has 0 saturated heterocycles. The fourth-order valence-electron chi connectivity index (χ4n) is 3.02. The maximum absolute atomic E-state index is 9.75. The fourth-order valence-corrected chi connectivity index (χ4v) is 3.02. The maximum atomic E-state index is 9.75. The minimum Gasteiger partial charge on any atom is -0.292 e. The van der Waals surface area contributed by atoms with E-state index in [0.717, 1.165) is 31.4 Å². The SMILES string of the molecule is N#CC1(NCc2ccccc2)CCCc2ccccc21. The van der Waals surface area contributed by atoms with Gasteiger partial charge in [-0.15, -0.1) is 0 Å². The maximum Gasteiger partial charge on any atom is 0.132 e. The fraction of sp³-hybridized carbons (Fsp3) is 0.278. The van der Waals surface area contributed by atoms with E-state index in [0.29, 0.717) is 0 Å². The van der Waals surface area contributed by atoms with Crippen LogP contribution in [0.2, 0.25) is 0 Å². The van der Waals surface area contributed by atoms with Gasteiger partial charge in [0.1, 0.15) is 5.54 Å². The summed E-state index contributed by atoms with van der Waals surface area (Å²) >= 11 is 0. The molecule has 0 heterocycles. The molecular weight excluding hydrogens is 244 g/mol. The first kappa shape index (κ1) is 12.9. The average molecular weight is 262 g/mol. The molecule has 0 aliphatic heterocycles. The third-order valence-corrected chi connectivity index (χ3v) is 4.10. The van der Waals surface area contributed by atoms with Gasteiger partial charge in [-0.1, -0.05) is 54.6 Å². The van der Waals surface area contributed by atoms with Crippen molar-refractivity contribution in [3.8, 4) is 6.07 Å². The highest BCUT2D eigenvalue weighted by Crippen LogP contribution is 2.35. The normalized spacial score (nSPS) is 20.9. The van der Waals surface area contributed by atoms with E-state index in [-0.39, 0.29) is 0 Å². The summed E-state index contributed by atoms with van der Waals surface area (Å²) in [4.78, 5) is 0. The Morgan fingerprint density at radius 3 is 2.60 bits per heavy atom. The number of nitrogens with one attached hydrogen (secondary N) is 1. The number of nitriles is 1. The molecule has 3 rings (SSSR count). The zero-order valence-electron chi connectivity index (χ0n) is 11.5. The lowest BCUT2D eigenvalue weighted by Crippen LogP contribution is -2.43. The Hall–Kier alpha value is -2.11. The molecule has 1 unspecified atom stereocenters. The van der Waals surface area contributed by atoms with Crippen LogP contribution in [0.3, 0.4) is 0 Å². The van der Waals surface area contributed by atoms with Gasteiger partial charge in [-0.2, -0.15) is 5.26 Å². The predicted molar refractivity (Wildman–Crippen MR) is 80.0 cm³/mol. The van der Waals surface area contributed by atoms with E-state index >= 15 is 0 Å². The van der Waals surface area contributed by atoms with Crippen LogP contribution in [0.5, 0.6) is 0 Å². The summed E-state index contributed by atoms with van der Waals surface area (Å²) in [6.45, 7) is 0.725. The molecule has 0 saturated carbocycles. The Kier molecular flexibility index (Phi) is 3.54. The van der Waals surface area contributed by atoms with Gasteiger partial charge in [-0.25, -0.2) is 0 Å². The van der Waals surface area contributed by atoms with Crippen LogP contribution in [0, 0.1) is 11.3 Å². The summed E-state index contributed by atoms with van der Waals surface area (Å²) in [6.07, 6.45) is 3.02. The van der Waals surface area contributed by atoms with Crippen molar-refractivity contribution >= 4 is 0 Å². The van der Waals surface area contributed by atoms with E-state index in [9.17, 15) is 5.26 Å². The highest BCUT2D eigenvalue weighted by atomic mass is 15.0. The van der Waals surface area contributed by atoms with Crippen LogP contribution >= 0.6 is 0 Å². The third kappa shape index (κ3) is 2.33. The van der Waals surface area contributed by atoms with Gasteiger partial charge in [0.2, 0.25) is 0 Å². The third-order valence-electron chi connectivity index (χ3n) is 4.10. The summed E-state index contributed by atoms with van der Waals surface area (Å²) in [5, 5.41) is 13.2. The first-order valence-electron chi connectivity index (χ1n) is 7.13. The zero-order chi connectivity index (χ0) is 13.8. The summed E-state index contributed by atoms with van der Waals surface area (Å²) < 4.78 is 0. The van der Waals surface area contributed by atoms with Crippen molar-refractivity contribution in [2.45, 2.75) is 31.3 Å². The van der Waals surface area contributed by atoms with E-state index in [1.807, 2.05) is 24.3 Å². The largest absolute Gasteiger partial charge is 0.292 e. The van der Waals surface area contributed by atoms with Crippen molar-refractivity contribution in [2.75, 3.05) is 0 Å². The number of benzene rings is 2.